The summed E-state index contributed by atoms with van der Waals surface area (Å²) in [7, 11) is 0. The van der Waals surface area contributed by atoms with Gasteiger partial charge in [-0.3, -0.25) is 0 Å². The zero-order valence-electron chi connectivity index (χ0n) is 11.1. The number of aliphatic hydroxyl groups is 2. The summed E-state index contributed by atoms with van der Waals surface area (Å²) in [6.45, 7) is 10.6. The van der Waals surface area contributed by atoms with E-state index in [1.165, 1.54) is 5.57 Å². The summed E-state index contributed by atoms with van der Waals surface area (Å²) in [6, 6.07) is 0. The number of fused-ring (bicyclic) bond motifs is 3. The Morgan fingerprint density at radius 3 is 2.47 bits per heavy atom. The van der Waals surface area contributed by atoms with E-state index in [9.17, 15) is 10.2 Å². The molecular formula is C15H24O2. The maximum absolute atomic E-state index is 10.6. The van der Waals surface area contributed by atoms with Crippen LogP contribution in [0.25, 0.3) is 0 Å². The van der Waals surface area contributed by atoms with Crippen LogP contribution in [0.4, 0.5) is 0 Å². The van der Waals surface area contributed by atoms with Crippen molar-refractivity contribution in [3.05, 3.63) is 12.2 Å². The molecule has 6 atom stereocenters. The highest BCUT2D eigenvalue weighted by Gasteiger charge is 2.69. The van der Waals surface area contributed by atoms with Crippen LogP contribution in [0.5, 0.6) is 0 Å². The summed E-state index contributed by atoms with van der Waals surface area (Å²) in [6.07, 6.45) is 2.42. The second-order valence-corrected chi connectivity index (χ2v) is 7.33. The molecule has 0 heterocycles. The Bertz CT molecular complexity index is 369. The Hall–Kier alpha value is -0.340. The van der Waals surface area contributed by atoms with Crippen molar-refractivity contribution < 1.29 is 10.2 Å². The van der Waals surface area contributed by atoms with Crippen molar-refractivity contribution in [3.63, 3.8) is 0 Å². The molecule has 3 rings (SSSR count). The van der Waals surface area contributed by atoms with E-state index in [1.54, 1.807) is 0 Å². The van der Waals surface area contributed by atoms with Crippen LogP contribution in [0.2, 0.25) is 0 Å². The average molecular weight is 236 g/mol. The van der Waals surface area contributed by atoms with Crippen molar-refractivity contribution in [2.75, 3.05) is 0 Å². The molecule has 0 aliphatic heterocycles. The van der Waals surface area contributed by atoms with E-state index >= 15 is 0 Å². The topological polar surface area (TPSA) is 40.5 Å². The fourth-order valence-electron chi connectivity index (χ4n) is 5.01. The minimum absolute atomic E-state index is 0.192. The first-order valence-corrected chi connectivity index (χ1v) is 6.85. The summed E-state index contributed by atoms with van der Waals surface area (Å²) in [5.74, 6) is 1.57. The summed E-state index contributed by atoms with van der Waals surface area (Å²) >= 11 is 0. The minimum atomic E-state index is -0.561. The molecule has 0 bridgehead atoms. The number of rotatable bonds is 0. The van der Waals surface area contributed by atoms with Crippen LogP contribution in [0.1, 0.15) is 40.0 Å². The van der Waals surface area contributed by atoms with Gasteiger partial charge in [0.25, 0.3) is 0 Å². The van der Waals surface area contributed by atoms with Gasteiger partial charge in [-0.15, -0.1) is 0 Å². The zero-order chi connectivity index (χ0) is 12.6. The predicted octanol–water partition coefficient (Wildman–Crippen LogP) is 2.36. The Balaban J connectivity index is 2.01. The predicted molar refractivity (Wildman–Crippen MR) is 67.4 cm³/mol. The van der Waals surface area contributed by atoms with Gasteiger partial charge < -0.3 is 10.2 Å². The van der Waals surface area contributed by atoms with Gasteiger partial charge in [-0.1, -0.05) is 26.0 Å². The van der Waals surface area contributed by atoms with Crippen LogP contribution in [0.3, 0.4) is 0 Å². The molecule has 0 saturated heterocycles. The van der Waals surface area contributed by atoms with E-state index in [4.69, 9.17) is 0 Å². The van der Waals surface area contributed by atoms with Gasteiger partial charge in [-0.05, 0) is 55.3 Å². The Kier molecular flexibility index (Phi) is 2.18. The lowest BCUT2D eigenvalue weighted by Crippen LogP contribution is -2.34. The fraction of sp³-hybridized carbons (Fsp3) is 0.867. The van der Waals surface area contributed by atoms with E-state index in [-0.39, 0.29) is 11.5 Å². The van der Waals surface area contributed by atoms with E-state index in [2.05, 4.69) is 20.4 Å². The third kappa shape index (κ3) is 1.40. The van der Waals surface area contributed by atoms with Crippen molar-refractivity contribution >= 4 is 0 Å². The van der Waals surface area contributed by atoms with Gasteiger partial charge in [-0.25, -0.2) is 0 Å². The minimum Gasteiger partial charge on any atom is -0.392 e. The van der Waals surface area contributed by atoms with Crippen molar-refractivity contribution in [2.45, 2.75) is 51.7 Å². The van der Waals surface area contributed by atoms with Gasteiger partial charge >= 0.3 is 0 Å². The lowest BCUT2D eigenvalue weighted by atomic mass is 9.77. The van der Waals surface area contributed by atoms with Crippen LogP contribution in [-0.4, -0.2) is 21.9 Å². The van der Waals surface area contributed by atoms with Gasteiger partial charge in [0.2, 0.25) is 0 Å². The van der Waals surface area contributed by atoms with Crippen LogP contribution in [0, 0.1) is 29.1 Å². The van der Waals surface area contributed by atoms with Crippen LogP contribution in [-0.2, 0) is 0 Å². The monoisotopic (exact) mass is 236 g/mol. The van der Waals surface area contributed by atoms with Crippen molar-refractivity contribution in [1.82, 2.24) is 0 Å². The summed E-state index contributed by atoms with van der Waals surface area (Å²) in [5, 5.41) is 20.9. The smallest absolute Gasteiger partial charge is 0.0656 e. The molecule has 0 aromatic rings. The molecule has 0 amide bonds. The largest absolute Gasteiger partial charge is 0.392 e. The Morgan fingerprint density at radius 1 is 1.18 bits per heavy atom. The summed E-state index contributed by atoms with van der Waals surface area (Å²) in [5.41, 5.74) is 0.800. The third-order valence-corrected chi connectivity index (χ3v) is 5.91. The molecule has 0 radical (unpaired) electrons. The van der Waals surface area contributed by atoms with Gasteiger partial charge in [0, 0.05) is 0 Å². The van der Waals surface area contributed by atoms with E-state index in [0.29, 0.717) is 23.7 Å². The lowest BCUT2D eigenvalue weighted by molar-refractivity contribution is -0.00204. The second-order valence-electron chi connectivity index (χ2n) is 7.33. The van der Waals surface area contributed by atoms with E-state index in [1.807, 2.05) is 6.92 Å². The second kappa shape index (κ2) is 3.16. The molecule has 0 aromatic heterocycles. The average Bonchev–Trinajstić information content (AvgIpc) is 2.63. The number of aliphatic hydroxyl groups excluding tert-OH is 1. The molecule has 17 heavy (non-hydrogen) atoms. The number of hydrogen-bond acceptors (Lipinski definition) is 2. The molecule has 0 unspecified atom stereocenters. The molecule has 0 spiro atoms. The highest BCUT2D eigenvalue weighted by molar-refractivity contribution is 5.25. The standard InChI is InChI=1S/C15H24O2/c1-8-7-10(16)12-13(14(12,2)3)11-9(8)5-6-15(11,4)17/h9-13,16-17H,1,5-7H2,2-4H3/t9-,10-,11-,12+,13+,15-/m0/s1. The quantitative estimate of drug-likeness (QED) is 0.634. The molecular weight excluding hydrogens is 212 g/mol. The van der Waals surface area contributed by atoms with Gasteiger partial charge in [0.15, 0.2) is 0 Å². The first kappa shape index (κ1) is 11.7. The highest BCUT2D eigenvalue weighted by atomic mass is 16.3. The molecule has 3 aliphatic carbocycles. The Morgan fingerprint density at radius 2 is 1.82 bits per heavy atom. The lowest BCUT2D eigenvalue weighted by Gasteiger charge is -2.31. The molecule has 2 N–H and O–H groups in total. The van der Waals surface area contributed by atoms with Crippen LogP contribution < -0.4 is 0 Å². The molecule has 3 saturated carbocycles. The van der Waals surface area contributed by atoms with E-state index < -0.39 is 5.60 Å². The molecule has 96 valence electrons. The molecule has 3 fully saturated rings. The van der Waals surface area contributed by atoms with E-state index in [0.717, 1.165) is 19.3 Å². The first-order valence-electron chi connectivity index (χ1n) is 6.85. The molecule has 2 heteroatoms. The fourth-order valence-corrected chi connectivity index (χ4v) is 5.01. The molecule has 3 aliphatic rings. The molecule has 0 aromatic carbocycles. The van der Waals surface area contributed by atoms with Gasteiger partial charge in [0.1, 0.15) is 0 Å². The molecule has 2 nitrogen and oxygen atoms in total. The van der Waals surface area contributed by atoms with Crippen LogP contribution >= 0.6 is 0 Å². The number of hydrogen-bond donors (Lipinski definition) is 2. The SMILES string of the molecule is C=C1C[C@H](O)[C@@H]2[C@@H]([C@@H]3[C@H]1CC[C@]3(C)O)C2(C)C. The van der Waals surface area contributed by atoms with Gasteiger partial charge in [-0.2, -0.15) is 0 Å². The van der Waals surface area contributed by atoms with Crippen LogP contribution in [0.15, 0.2) is 12.2 Å². The van der Waals surface area contributed by atoms with Crippen molar-refractivity contribution in [1.29, 1.82) is 0 Å². The first-order chi connectivity index (χ1) is 7.77. The Labute approximate surface area is 104 Å². The van der Waals surface area contributed by atoms with Gasteiger partial charge in [0.05, 0.1) is 11.7 Å². The maximum atomic E-state index is 10.6. The van der Waals surface area contributed by atoms with Crippen molar-refractivity contribution in [3.8, 4) is 0 Å². The highest BCUT2D eigenvalue weighted by Crippen LogP contribution is 2.71. The van der Waals surface area contributed by atoms with Crippen molar-refractivity contribution in [2.24, 2.45) is 29.1 Å². The summed E-state index contributed by atoms with van der Waals surface area (Å²) < 4.78 is 0. The normalized spacial score (nSPS) is 56.1. The maximum Gasteiger partial charge on any atom is 0.0656 e. The third-order valence-electron chi connectivity index (χ3n) is 5.91. The zero-order valence-corrected chi connectivity index (χ0v) is 11.1. The summed E-state index contributed by atoms with van der Waals surface area (Å²) in [4.78, 5) is 0.